The van der Waals surface area contributed by atoms with E-state index in [1.54, 1.807) is 0 Å². The molecule has 226 valence electrons. The van der Waals surface area contributed by atoms with E-state index in [-0.39, 0.29) is 34.1 Å². The molecule has 0 radical (unpaired) electrons. The molecule has 0 spiro atoms. The van der Waals surface area contributed by atoms with Crippen LogP contribution in [0.4, 0.5) is 11.8 Å². The van der Waals surface area contributed by atoms with Crippen molar-refractivity contribution in [1.82, 2.24) is 44.5 Å². The molecule has 2 aliphatic heterocycles. The van der Waals surface area contributed by atoms with E-state index in [0.29, 0.717) is 0 Å². The quantitative estimate of drug-likeness (QED) is 0.0867. The van der Waals surface area contributed by atoms with Crippen LogP contribution in [0, 0.1) is 0 Å². The van der Waals surface area contributed by atoms with Crippen molar-refractivity contribution in [2.75, 3.05) is 37.9 Å². The molecular weight excluding hydrogens is 589 g/mol. The predicted molar refractivity (Wildman–Crippen MR) is 134 cm³/mol. The van der Waals surface area contributed by atoms with Gasteiger partial charge in [0.25, 0.3) is 5.56 Å². The van der Waals surface area contributed by atoms with E-state index in [0.717, 1.165) is 21.9 Å². The molecule has 4 aromatic heterocycles. The number of nitrogen functional groups attached to an aromatic ring is 2. The summed E-state index contributed by atoms with van der Waals surface area (Å²) < 4.78 is 36.4. The highest BCUT2D eigenvalue weighted by Crippen LogP contribution is 2.53. The summed E-state index contributed by atoms with van der Waals surface area (Å²) in [7, 11) is -5.21. The van der Waals surface area contributed by atoms with Crippen LogP contribution in [0.25, 0.3) is 22.3 Å². The van der Waals surface area contributed by atoms with Crippen LogP contribution in [0.2, 0.25) is 0 Å². The summed E-state index contributed by atoms with van der Waals surface area (Å²) in [4.78, 5) is 40.9. The van der Waals surface area contributed by atoms with Crippen molar-refractivity contribution >= 4 is 41.9 Å². The van der Waals surface area contributed by atoms with E-state index in [1.165, 1.54) is 0 Å². The third-order valence-electron chi connectivity index (χ3n) is 6.98. The first-order valence-electron chi connectivity index (χ1n) is 12.1. The Balaban J connectivity index is 1.25. The molecule has 4 aromatic rings. The molecule has 2 saturated heterocycles. The molecule has 1 unspecified atom stereocenters. The van der Waals surface area contributed by atoms with Gasteiger partial charge in [-0.3, -0.25) is 23.4 Å². The number of nitrogens with two attached hydrogens (primary N) is 2. The maximum atomic E-state index is 13.2. The van der Waals surface area contributed by atoms with E-state index in [4.69, 9.17) is 30.0 Å². The third-order valence-corrected chi connectivity index (χ3v) is 8.00. The average molecular weight is 613 g/mol. The van der Waals surface area contributed by atoms with Gasteiger partial charge in [0.2, 0.25) is 17.4 Å². The smallest absolute Gasteiger partial charge is 0.394 e. The number of H-pyrrole nitrogens is 1. The number of phosphoric ester groups is 1. The number of aliphatic hydroxyl groups is 4. The lowest BCUT2D eigenvalue weighted by molar-refractivity contribution is -0.121. The second-order valence-corrected chi connectivity index (χ2v) is 10.9. The minimum Gasteiger partial charge on any atom is -0.394 e. The van der Waals surface area contributed by atoms with E-state index >= 15 is 0 Å². The minimum absolute atomic E-state index is 0.0124. The predicted octanol–water partition coefficient (Wildman–Crippen LogP) is -4.54. The number of aromatic amines is 1. The lowest BCUT2D eigenvalue weighted by Crippen LogP contribution is -2.49. The lowest BCUT2D eigenvalue weighted by Gasteiger charge is -2.34. The number of nitrogens with one attached hydrogen (secondary N) is 1. The topological polar surface area (TPSA) is 327 Å². The molecule has 2 fully saturated rings. The number of hydrogen-bond donors (Lipinski definition) is 8. The summed E-state index contributed by atoms with van der Waals surface area (Å²) >= 11 is 0. The van der Waals surface area contributed by atoms with Gasteiger partial charge in [0.05, 0.1) is 32.8 Å². The fourth-order valence-corrected chi connectivity index (χ4v) is 5.87. The zero-order chi connectivity index (χ0) is 30.0. The van der Waals surface area contributed by atoms with E-state index < -0.39 is 75.7 Å². The summed E-state index contributed by atoms with van der Waals surface area (Å²) in [5.41, 5.74) is 5.69. The van der Waals surface area contributed by atoms with Crippen molar-refractivity contribution in [3.05, 3.63) is 23.0 Å². The monoisotopic (exact) mass is 613 g/mol. The van der Waals surface area contributed by atoms with Gasteiger partial charge in [-0.25, -0.2) is 19.5 Å². The third kappa shape index (κ3) is 4.32. The number of fused-ring (bicyclic) bond motifs is 2. The summed E-state index contributed by atoms with van der Waals surface area (Å²) in [5, 5.41) is 50.3. The van der Waals surface area contributed by atoms with Crippen LogP contribution in [0.5, 0.6) is 0 Å². The van der Waals surface area contributed by atoms with Crippen LogP contribution in [-0.2, 0) is 34.5 Å². The molecule has 42 heavy (non-hydrogen) atoms. The Labute approximate surface area is 232 Å². The van der Waals surface area contributed by atoms with Crippen molar-refractivity contribution in [3.8, 4) is 0 Å². The minimum atomic E-state index is -5.21. The van der Waals surface area contributed by atoms with Crippen LogP contribution < -0.4 is 17.0 Å². The molecule has 7 atom stereocenters. The number of imidazole rings is 1. The Hall–Kier alpha value is -3.70. The molecule has 0 aromatic carbocycles. The zero-order valence-electron chi connectivity index (χ0n) is 21.2. The standard InChI is InChI=1S/C19H24N11O11P/c20-13-9-14(23-5-22-13)30(28-27-9)18(35)3-38-8(11(18)32)2-40-42(36,37)41-19(4-39-7(1-31)12(19)33)29-6-24-10-15(29)25-17(21)26-16(10)34/h5-8,11-12,31-33,35H,1-4H2,(H,36,37)(H2,20,22,23)(H3,21,25,26,34)/t7-,8-,11-,12-,18-,19-/m1/s1. The first-order valence-corrected chi connectivity index (χ1v) is 13.6. The second-order valence-electron chi connectivity index (χ2n) is 9.52. The molecule has 0 amide bonds. The summed E-state index contributed by atoms with van der Waals surface area (Å²) in [6, 6.07) is 0. The summed E-state index contributed by atoms with van der Waals surface area (Å²) in [6.45, 7) is -2.70. The van der Waals surface area contributed by atoms with Crippen LogP contribution in [-0.4, -0.2) is 121 Å². The Morgan fingerprint density at radius 3 is 2.62 bits per heavy atom. The first-order chi connectivity index (χ1) is 19.9. The lowest BCUT2D eigenvalue weighted by atomic mass is 10.1. The van der Waals surface area contributed by atoms with Crippen molar-refractivity contribution < 1.29 is 48.4 Å². The highest BCUT2D eigenvalue weighted by Gasteiger charge is 2.57. The molecule has 10 N–H and O–H groups in total. The van der Waals surface area contributed by atoms with Crippen LogP contribution in [0.15, 0.2) is 17.4 Å². The normalized spacial score (nSPS) is 31.3. The van der Waals surface area contributed by atoms with E-state index in [1.807, 2.05) is 0 Å². The number of anilines is 2. The molecule has 22 nitrogen and oxygen atoms in total. The largest absolute Gasteiger partial charge is 0.474 e. The molecule has 6 rings (SSSR count). The maximum absolute atomic E-state index is 13.2. The van der Waals surface area contributed by atoms with Gasteiger partial charge in [0, 0.05) is 0 Å². The van der Waals surface area contributed by atoms with Gasteiger partial charge in [0.1, 0.15) is 30.7 Å². The first kappa shape index (κ1) is 28.4. The summed E-state index contributed by atoms with van der Waals surface area (Å²) in [5.74, 6) is -0.348. The Kier molecular flexibility index (Phi) is 6.73. The van der Waals surface area contributed by atoms with Gasteiger partial charge in [-0.15, -0.1) is 5.10 Å². The molecule has 6 heterocycles. The Morgan fingerprint density at radius 1 is 1.12 bits per heavy atom. The van der Waals surface area contributed by atoms with Gasteiger partial charge in [0.15, 0.2) is 28.1 Å². The van der Waals surface area contributed by atoms with Crippen LogP contribution in [0.1, 0.15) is 0 Å². The van der Waals surface area contributed by atoms with Gasteiger partial charge >= 0.3 is 7.82 Å². The van der Waals surface area contributed by atoms with Crippen molar-refractivity contribution in [1.29, 1.82) is 0 Å². The number of nitrogens with zero attached hydrogens (tertiary/aromatic N) is 8. The molecular formula is C19H24N11O11P. The van der Waals surface area contributed by atoms with Crippen LogP contribution in [0.3, 0.4) is 0 Å². The highest BCUT2D eigenvalue weighted by molar-refractivity contribution is 7.47. The van der Waals surface area contributed by atoms with Gasteiger partial charge in [-0.05, 0) is 0 Å². The van der Waals surface area contributed by atoms with Crippen molar-refractivity contribution in [2.24, 2.45) is 0 Å². The zero-order valence-corrected chi connectivity index (χ0v) is 22.1. The van der Waals surface area contributed by atoms with E-state index in [2.05, 4.69) is 35.2 Å². The van der Waals surface area contributed by atoms with E-state index in [9.17, 15) is 34.7 Å². The number of phosphoric acid groups is 1. The number of aromatic nitrogens is 9. The highest BCUT2D eigenvalue weighted by atomic mass is 31.2. The number of hydrogen-bond acceptors (Lipinski definition) is 18. The molecule has 0 aliphatic carbocycles. The SMILES string of the molecule is Nc1nc2c(ncn2[C@@]2(OP(=O)(O)OC[C@H]3OC[C@](O)(n4nnc5c(N)ncnc54)[C@@H]3O)CO[C@H](CO)[C@H]2O)c(=O)[nH]1. The second kappa shape index (κ2) is 9.95. The van der Waals surface area contributed by atoms with Crippen molar-refractivity contribution in [3.63, 3.8) is 0 Å². The number of ether oxygens (including phenoxy) is 2. The maximum Gasteiger partial charge on any atom is 0.474 e. The average Bonchev–Trinajstić information content (AvgIpc) is 3.70. The Bertz CT molecular complexity index is 1760. The van der Waals surface area contributed by atoms with Gasteiger partial charge < -0.3 is 46.3 Å². The molecule has 23 heteroatoms. The fraction of sp³-hybridized carbons (Fsp3) is 0.526. The Morgan fingerprint density at radius 2 is 1.88 bits per heavy atom. The van der Waals surface area contributed by atoms with Gasteiger partial charge in [-0.1, -0.05) is 5.21 Å². The molecule has 2 aliphatic rings. The van der Waals surface area contributed by atoms with Crippen LogP contribution >= 0.6 is 7.82 Å². The number of aliphatic hydroxyl groups excluding tert-OH is 3. The molecule has 0 bridgehead atoms. The summed E-state index contributed by atoms with van der Waals surface area (Å²) in [6.07, 6.45) is -4.18. The fourth-order valence-electron chi connectivity index (χ4n) is 4.84. The van der Waals surface area contributed by atoms with Gasteiger partial charge in [-0.2, -0.15) is 9.67 Å². The number of rotatable bonds is 8. The van der Waals surface area contributed by atoms with Crippen molar-refractivity contribution in [2.45, 2.75) is 35.9 Å². The molecule has 0 saturated carbocycles.